The molecule has 1 saturated heterocycles. The van der Waals surface area contributed by atoms with Gasteiger partial charge in [-0.05, 0) is 51.3 Å². The van der Waals surface area contributed by atoms with E-state index in [4.69, 9.17) is 0 Å². The zero-order chi connectivity index (χ0) is 14.8. The molecule has 21 heavy (non-hydrogen) atoms. The van der Waals surface area contributed by atoms with E-state index in [1.165, 1.54) is 29.5 Å². The van der Waals surface area contributed by atoms with Gasteiger partial charge >= 0.3 is 0 Å². The third-order valence-corrected chi connectivity index (χ3v) is 4.50. The van der Waals surface area contributed by atoms with E-state index in [-0.39, 0.29) is 0 Å². The summed E-state index contributed by atoms with van der Waals surface area (Å²) < 4.78 is 2.00. The topological polar surface area (TPSA) is 34.0 Å². The highest BCUT2D eigenvalue weighted by Crippen LogP contribution is 2.34. The van der Waals surface area contributed by atoms with Crippen LogP contribution in [0, 0.1) is 13.8 Å². The van der Waals surface area contributed by atoms with Crippen LogP contribution < -0.4 is 0 Å². The van der Waals surface area contributed by atoms with Gasteiger partial charge in [-0.15, -0.1) is 0 Å². The Bertz CT molecular complexity index is 617. The molecule has 0 aliphatic carbocycles. The van der Waals surface area contributed by atoms with E-state index < -0.39 is 0 Å². The van der Waals surface area contributed by atoms with Gasteiger partial charge < -0.3 is 0 Å². The summed E-state index contributed by atoms with van der Waals surface area (Å²) in [5.41, 5.74) is 4.23. The monoisotopic (exact) mass is 284 g/mol. The highest BCUT2D eigenvalue weighted by atomic mass is 15.3. The van der Waals surface area contributed by atoms with Gasteiger partial charge in [0.15, 0.2) is 0 Å². The molecule has 4 heteroatoms. The van der Waals surface area contributed by atoms with Gasteiger partial charge in [0.05, 0.1) is 6.54 Å². The molecule has 0 unspecified atom stereocenters. The Morgan fingerprint density at radius 2 is 2.14 bits per heavy atom. The maximum Gasteiger partial charge on any atom is 0.141 e. The van der Waals surface area contributed by atoms with Crippen LogP contribution in [-0.4, -0.2) is 26.2 Å². The van der Waals surface area contributed by atoms with Crippen LogP contribution in [0.4, 0.5) is 0 Å². The lowest BCUT2D eigenvalue weighted by Gasteiger charge is -2.26. The van der Waals surface area contributed by atoms with Crippen molar-refractivity contribution in [2.24, 2.45) is 0 Å². The molecule has 0 amide bonds. The van der Waals surface area contributed by atoms with Gasteiger partial charge in [-0.25, -0.2) is 9.67 Å². The van der Waals surface area contributed by atoms with Crippen LogP contribution in [0.5, 0.6) is 0 Å². The molecule has 0 spiro atoms. The molecule has 3 rings (SSSR count). The largest absolute Gasteiger partial charge is 0.289 e. The van der Waals surface area contributed by atoms with E-state index in [0.717, 1.165) is 25.5 Å². The Kier molecular flexibility index (Phi) is 4.06. The molecule has 0 saturated carbocycles. The molecule has 1 aliphatic rings. The molecule has 4 nitrogen and oxygen atoms in total. The summed E-state index contributed by atoms with van der Waals surface area (Å²) in [5.74, 6) is 1.08. The molecule has 1 aromatic heterocycles. The maximum atomic E-state index is 4.43. The zero-order valence-electron chi connectivity index (χ0n) is 13.2. The lowest BCUT2D eigenvalue weighted by molar-refractivity contribution is 0.237. The smallest absolute Gasteiger partial charge is 0.141 e. The Balaban J connectivity index is 1.84. The van der Waals surface area contributed by atoms with E-state index in [2.05, 4.69) is 54.0 Å². The van der Waals surface area contributed by atoms with Gasteiger partial charge in [0, 0.05) is 12.6 Å². The van der Waals surface area contributed by atoms with Crippen LogP contribution in [0.1, 0.15) is 48.3 Å². The molecule has 0 N–H and O–H groups in total. The average molecular weight is 284 g/mol. The van der Waals surface area contributed by atoms with Crippen molar-refractivity contribution in [3.63, 3.8) is 0 Å². The van der Waals surface area contributed by atoms with Crippen LogP contribution >= 0.6 is 0 Å². The highest BCUT2D eigenvalue weighted by Gasteiger charge is 2.28. The second-order valence-electron chi connectivity index (χ2n) is 5.98. The first kappa shape index (κ1) is 14.3. The fourth-order valence-electron chi connectivity index (χ4n) is 3.34. The van der Waals surface area contributed by atoms with E-state index in [0.29, 0.717) is 6.04 Å². The molecule has 1 aromatic carbocycles. The Labute approximate surface area is 126 Å². The summed E-state index contributed by atoms with van der Waals surface area (Å²) in [4.78, 5) is 6.98. The second kappa shape index (κ2) is 5.98. The van der Waals surface area contributed by atoms with Crippen LogP contribution in [0.2, 0.25) is 0 Å². The minimum atomic E-state index is 0.520. The molecule has 1 aliphatic heterocycles. The minimum absolute atomic E-state index is 0.520. The third-order valence-electron chi connectivity index (χ3n) is 4.50. The Hall–Kier alpha value is -1.68. The van der Waals surface area contributed by atoms with Gasteiger partial charge in [0.25, 0.3) is 0 Å². The molecule has 1 fully saturated rings. The zero-order valence-corrected chi connectivity index (χ0v) is 13.2. The standard InChI is InChI=1S/C17H24N4/c1-4-21-17(18-12-19-21)11-20-9-5-6-16(20)15-10-13(2)7-8-14(15)3/h7-8,10,12,16H,4-6,9,11H2,1-3H3/t16-/m1/s1. The number of hydrogen-bond donors (Lipinski definition) is 0. The number of benzene rings is 1. The molecule has 0 bridgehead atoms. The summed E-state index contributed by atoms with van der Waals surface area (Å²) in [7, 11) is 0. The molecular formula is C17H24N4. The van der Waals surface area contributed by atoms with E-state index in [9.17, 15) is 0 Å². The SMILES string of the molecule is CCn1ncnc1CN1CCC[C@@H]1c1cc(C)ccc1C. The molecule has 0 radical (unpaired) electrons. The predicted molar refractivity (Wildman–Crippen MR) is 84.0 cm³/mol. The highest BCUT2D eigenvalue weighted by molar-refractivity contribution is 5.33. The summed E-state index contributed by atoms with van der Waals surface area (Å²) in [5, 5.41) is 4.29. The lowest BCUT2D eigenvalue weighted by atomic mass is 9.97. The van der Waals surface area contributed by atoms with Crippen molar-refractivity contribution in [3.8, 4) is 0 Å². The van der Waals surface area contributed by atoms with Crippen LogP contribution in [0.25, 0.3) is 0 Å². The van der Waals surface area contributed by atoms with Gasteiger partial charge in [-0.2, -0.15) is 5.10 Å². The van der Waals surface area contributed by atoms with Crippen molar-refractivity contribution in [3.05, 3.63) is 47.0 Å². The van der Waals surface area contributed by atoms with Gasteiger partial charge in [0.2, 0.25) is 0 Å². The van der Waals surface area contributed by atoms with Crippen molar-refractivity contribution in [2.75, 3.05) is 6.54 Å². The molecule has 1 atom stereocenters. The average Bonchev–Trinajstić information content (AvgIpc) is 3.11. The van der Waals surface area contributed by atoms with Crippen molar-refractivity contribution in [1.29, 1.82) is 0 Å². The number of hydrogen-bond acceptors (Lipinski definition) is 3. The van der Waals surface area contributed by atoms with Gasteiger partial charge in [0.1, 0.15) is 12.2 Å². The molecular weight excluding hydrogens is 260 g/mol. The second-order valence-corrected chi connectivity index (χ2v) is 5.98. The van der Waals surface area contributed by atoms with Gasteiger partial charge in [-0.1, -0.05) is 23.8 Å². The van der Waals surface area contributed by atoms with Crippen molar-refractivity contribution < 1.29 is 0 Å². The first-order valence-corrected chi connectivity index (χ1v) is 7.87. The maximum absolute atomic E-state index is 4.43. The Morgan fingerprint density at radius 3 is 2.95 bits per heavy atom. The van der Waals surface area contributed by atoms with Gasteiger partial charge in [-0.3, -0.25) is 4.90 Å². The molecule has 112 valence electrons. The number of aromatic nitrogens is 3. The van der Waals surface area contributed by atoms with Crippen molar-refractivity contribution >= 4 is 0 Å². The molecule has 2 aromatic rings. The number of aryl methyl sites for hydroxylation is 3. The minimum Gasteiger partial charge on any atom is -0.289 e. The normalized spacial score (nSPS) is 19.3. The third kappa shape index (κ3) is 2.86. The molecule has 2 heterocycles. The van der Waals surface area contributed by atoms with E-state index >= 15 is 0 Å². The van der Waals surface area contributed by atoms with E-state index in [1.807, 2.05) is 4.68 Å². The summed E-state index contributed by atoms with van der Waals surface area (Å²) in [6.45, 7) is 9.44. The van der Waals surface area contributed by atoms with Crippen LogP contribution in [0.15, 0.2) is 24.5 Å². The fraction of sp³-hybridized carbons (Fsp3) is 0.529. The first-order valence-electron chi connectivity index (χ1n) is 7.87. The van der Waals surface area contributed by atoms with Crippen LogP contribution in [0.3, 0.4) is 0 Å². The summed E-state index contributed by atoms with van der Waals surface area (Å²) >= 11 is 0. The first-order chi connectivity index (χ1) is 10.2. The van der Waals surface area contributed by atoms with Crippen LogP contribution in [-0.2, 0) is 13.1 Å². The number of nitrogens with zero attached hydrogens (tertiary/aromatic N) is 4. The van der Waals surface area contributed by atoms with Crippen molar-refractivity contribution in [1.82, 2.24) is 19.7 Å². The quantitative estimate of drug-likeness (QED) is 0.864. The predicted octanol–water partition coefficient (Wildman–Crippen LogP) is 3.25. The van der Waals surface area contributed by atoms with E-state index in [1.54, 1.807) is 6.33 Å². The number of rotatable bonds is 4. The summed E-state index contributed by atoms with van der Waals surface area (Å²) in [6.07, 6.45) is 4.17. The van der Waals surface area contributed by atoms with Crippen molar-refractivity contribution in [2.45, 2.75) is 52.7 Å². The lowest BCUT2D eigenvalue weighted by Crippen LogP contribution is -2.25. The fourth-order valence-corrected chi connectivity index (χ4v) is 3.34. The Morgan fingerprint density at radius 1 is 1.29 bits per heavy atom. The number of likely N-dealkylation sites (tertiary alicyclic amines) is 1. The summed E-state index contributed by atoms with van der Waals surface area (Å²) in [6, 6.07) is 7.32.